The topological polar surface area (TPSA) is 50.8 Å². The largest absolute Gasteiger partial charge is 0.460 e. The number of hydrogen-bond donors (Lipinski definition) is 1. The van der Waals surface area contributed by atoms with Crippen molar-refractivity contribution in [1.29, 1.82) is 0 Å². The predicted molar refractivity (Wildman–Crippen MR) is 105 cm³/mol. The lowest BCUT2D eigenvalue weighted by molar-refractivity contribution is -0.140. The highest BCUT2D eigenvalue weighted by atomic mass is 35.5. The van der Waals surface area contributed by atoms with Gasteiger partial charge in [0.25, 0.3) is 0 Å². The van der Waals surface area contributed by atoms with Crippen LogP contribution in [0.3, 0.4) is 0 Å². The number of carbonyl (C=O) groups is 1. The minimum Gasteiger partial charge on any atom is -0.460 e. The average Bonchev–Trinajstić information content (AvgIpc) is 3.42. The van der Waals surface area contributed by atoms with E-state index >= 15 is 0 Å². The van der Waals surface area contributed by atoms with Gasteiger partial charge in [0.05, 0.1) is 28.3 Å². The summed E-state index contributed by atoms with van der Waals surface area (Å²) in [7, 11) is 1.56. The molecule has 8 heteroatoms. The molecule has 1 aromatic carbocycles. The van der Waals surface area contributed by atoms with E-state index in [0.717, 1.165) is 18.5 Å². The fourth-order valence-corrected chi connectivity index (χ4v) is 3.89. The van der Waals surface area contributed by atoms with E-state index in [-0.39, 0.29) is 6.61 Å². The number of esters is 1. The van der Waals surface area contributed by atoms with Gasteiger partial charge in [-0.3, -0.25) is 0 Å². The molecule has 2 aliphatic rings. The highest BCUT2D eigenvalue weighted by Crippen LogP contribution is 2.40. The molecule has 1 N–H and O–H groups in total. The molecule has 0 radical (unpaired) electrons. The molecule has 1 atom stereocenters. The number of thiocarbonyl (C=S) groups is 1. The lowest BCUT2D eigenvalue weighted by atomic mass is 9.95. The van der Waals surface area contributed by atoms with Gasteiger partial charge in [0.2, 0.25) is 0 Å². The Bertz CT molecular complexity index is 765. The fraction of sp³-hybridized carbons (Fsp3) is 0.444. The lowest BCUT2D eigenvalue weighted by Crippen LogP contribution is -2.48. The Morgan fingerprint density at radius 3 is 2.73 bits per heavy atom. The molecular weight excluding hydrogens is 395 g/mol. The maximum absolute atomic E-state index is 12.8. The summed E-state index contributed by atoms with van der Waals surface area (Å²) in [4.78, 5) is 14.8. The van der Waals surface area contributed by atoms with Crippen molar-refractivity contribution in [2.75, 3.05) is 20.3 Å². The number of hydrogen-bond acceptors (Lipinski definition) is 4. The third-order valence-corrected chi connectivity index (χ3v) is 5.62. The van der Waals surface area contributed by atoms with Crippen molar-refractivity contribution >= 4 is 46.5 Å². The zero-order valence-corrected chi connectivity index (χ0v) is 16.9. The van der Waals surface area contributed by atoms with Crippen molar-refractivity contribution in [3.63, 3.8) is 0 Å². The lowest BCUT2D eigenvalue weighted by Gasteiger charge is -2.38. The Hall–Kier alpha value is -1.34. The number of nitrogens with zero attached hydrogens (tertiary/aromatic N) is 1. The molecular formula is C18H20Cl2N2O3S. The maximum Gasteiger partial charge on any atom is 0.338 e. The van der Waals surface area contributed by atoms with Crippen LogP contribution in [0.25, 0.3) is 0 Å². The van der Waals surface area contributed by atoms with Crippen LogP contribution < -0.4 is 5.32 Å². The van der Waals surface area contributed by atoms with Crippen LogP contribution in [0.1, 0.15) is 31.4 Å². The number of rotatable bonds is 6. The molecule has 0 saturated heterocycles. The van der Waals surface area contributed by atoms with Crippen LogP contribution in [0.5, 0.6) is 0 Å². The SMILES string of the molecule is COCCOC(=O)C1=C(C)N(C2CC2)C(=S)N[C@@H]1c1cccc(Cl)c1Cl. The number of nitrogens with one attached hydrogen (secondary N) is 1. The third-order valence-electron chi connectivity index (χ3n) is 4.47. The molecule has 1 saturated carbocycles. The van der Waals surface area contributed by atoms with E-state index in [1.807, 2.05) is 17.9 Å². The van der Waals surface area contributed by atoms with E-state index in [1.54, 1.807) is 19.2 Å². The maximum atomic E-state index is 12.8. The smallest absolute Gasteiger partial charge is 0.338 e. The minimum absolute atomic E-state index is 0.177. The molecule has 0 aromatic heterocycles. The van der Waals surface area contributed by atoms with Gasteiger partial charge in [-0.15, -0.1) is 0 Å². The number of benzene rings is 1. The Morgan fingerprint density at radius 2 is 2.08 bits per heavy atom. The standard InChI is InChI=1S/C18H20Cl2N2O3S/c1-10-14(17(23)25-9-8-24-2)16(12-4-3-5-13(19)15(12)20)21-18(26)22(10)11-6-7-11/h3-5,11,16H,6-9H2,1-2H3,(H,21,26)/t16-/m1/s1. The van der Waals surface area contributed by atoms with E-state index in [9.17, 15) is 4.79 Å². The Labute approximate surface area is 168 Å². The molecule has 0 bridgehead atoms. The molecule has 0 unspecified atom stereocenters. The zero-order chi connectivity index (χ0) is 18.8. The minimum atomic E-state index is -0.515. The van der Waals surface area contributed by atoms with Gasteiger partial charge < -0.3 is 19.7 Å². The second kappa shape index (κ2) is 8.13. The number of ether oxygens (including phenoxy) is 2. The van der Waals surface area contributed by atoms with E-state index in [2.05, 4.69) is 5.32 Å². The first kappa shape index (κ1) is 19.4. The van der Waals surface area contributed by atoms with E-state index < -0.39 is 12.0 Å². The second-order valence-corrected chi connectivity index (χ2v) is 7.43. The summed E-state index contributed by atoms with van der Waals surface area (Å²) in [5, 5.41) is 4.65. The summed E-state index contributed by atoms with van der Waals surface area (Å²) in [6.07, 6.45) is 2.10. The highest BCUT2D eigenvalue weighted by molar-refractivity contribution is 7.80. The Balaban J connectivity index is 2.02. The Morgan fingerprint density at radius 1 is 1.35 bits per heavy atom. The van der Waals surface area contributed by atoms with Gasteiger partial charge in [-0.1, -0.05) is 35.3 Å². The molecule has 1 heterocycles. The first-order valence-corrected chi connectivity index (χ1v) is 9.52. The monoisotopic (exact) mass is 414 g/mol. The van der Waals surface area contributed by atoms with Gasteiger partial charge in [-0.2, -0.15) is 0 Å². The molecule has 1 fully saturated rings. The molecule has 5 nitrogen and oxygen atoms in total. The van der Waals surface area contributed by atoms with E-state index in [1.165, 1.54) is 0 Å². The molecule has 1 aliphatic carbocycles. The molecule has 1 aromatic rings. The van der Waals surface area contributed by atoms with E-state index in [0.29, 0.717) is 38.9 Å². The number of methoxy groups -OCH3 is 1. The number of halogens is 2. The van der Waals surface area contributed by atoms with Crippen LogP contribution in [0.4, 0.5) is 0 Å². The van der Waals surface area contributed by atoms with Gasteiger partial charge in [0.1, 0.15) is 6.61 Å². The second-order valence-electron chi connectivity index (χ2n) is 6.25. The van der Waals surface area contributed by atoms with Crippen LogP contribution in [-0.4, -0.2) is 42.3 Å². The van der Waals surface area contributed by atoms with Crippen LogP contribution in [-0.2, 0) is 14.3 Å². The van der Waals surface area contributed by atoms with Crippen molar-refractivity contribution in [3.8, 4) is 0 Å². The van der Waals surface area contributed by atoms with Crippen LogP contribution in [0.15, 0.2) is 29.5 Å². The highest BCUT2D eigenvalue weighted by Gasteiger charge is 2.41. The first-order valence-electron chi connectivity index (χ1n) is 8.36. The molecule has 3 rings (SSSR count). The first-order chi connectivity index (χ1) is 12.5. The van der Waals surface area contributed by atoms with Crippen molar-refractivity contribution in [2.24, 2.45) is 0 Å². The molecule has 26 heavy (non-hydrogen) atoms. The van der Waals surface area contributed by atoms with Crippen LogP contribution in [0, 0.1) is 0 Å². The molecule has 1 aliphatic heterocycles. The van der Waals surface area contributed by atoms with Crippen LogP contribution >= 0.6 is 35.4 Å². The third kappa shape index (κ3) is 3.83. The number of carbonyl (C=O) groups excluding carboxylic acids is 1. The van der Waals surface area contributed by atoms with Gasteiger partial charge in [0, 0.05) is 18.8 Å². The van der Waals surface area contributed by atoms with Gasteiger partial charge >= 0.3 is 5.97 Å². The summed E-state index contributed by atoms with van der Waals surface area (Å²) < 4.78 is 10.4. The van der Waals surface area contributed by atoms with Crippen molar-refractivity contribution in [3.05, 3.63) is 45.1 Å². The van der Waals surface area contributed by atoms with E-state index in [4.69, 9.17) is 44.9 Å². The molecule has 0 amide bonds. The summed E-state index contributed by atoms with van der Waals surface area (Å²) in [5.41, 5.74) is 1.97. The molecule has 0 spiro atoms. The summed E-state index contributed by atoms with van der Waals surface area (Å²) in [6.45, 7) is 2.40. The normalized spacial score (nSPS) is 20.2. The van der Waals surface area contributed by atoms with Gasteiger partial charge in [0.15, 0.2) is 5.11 Å². The zero-order valence-electron chi connectivity index (χ0n) is 14.6. The average molecular weight is 415 g/mol. The Kier molecular flexibility index (Phi) is 6.07. The van der Waals surface area contributed by atoms with Crippen molar-refractivity contribution < 1.29 is 14.3 Å². The van der Waals surface area contributed by atoms with Gasteiger partial charge in [-0.05, 0) is 43.6 Å². The van der Waals surface area contributed by atoms with Gasteiger partial charge in [-0.25, -0.2) is 4.79 Å². The summed E-state index contributed by atoms with van der Waals surface area (Å²) in [5.74, 6) is -0.416. The molecule has 140 valence electrons. The summed E-state index contributed by atoms with van der Waals surface area (Å²) in [6, 6.07) is 5.14. The number of allylic oxidation sites excluding steroid dienone is 1. The fourth-order valence-electron chi connectivity index (χ4n) is 3.07. The predicted octanol–water partition coefficient (Wildman–Crippen LogP) is 3.85. The summed E-state index contributed by atoms with van der Waals surface area (Å²) >= 11 is 18.1. The van der Waals surface area contributed by atoms with Crippen molar-refractivity contribution in [1.82, 2.24) is 10.2 Å². The van der Waals surface area contributed by atoms with Crippen molar-refractivity contribution in [2.45, 2.75) is 31.8 Å². The van der Waals surface area contributed by atoms with Crippen LogP contribution in [0.2, 0.25) is 10.0 Å². The quantitative estimate of drug-likeness (QED) is 0.433.